The number of aromatic nitrogens is 5. The molecule has 0 spiro atoms. The van der Waals surface area contributed by atoms with Gasteiger partial charge in [0.1, 0.15) is 12.4 Å². The highest BCUT2D eigenvalue weighted by molar-refractivity contribution is 5.94. The largest absolute Gasteiger partial charge is 0.491 e. The fraction of sp³-hybridized carbons (Fsp3) is 0.296. The van der Waals surface area contributed by atoms with Crippen molar-refractivity contribution in [2.24, 2.45) is 0 Å². The quantitative estimate of drug-likeness (QED) is 0.405. The molecule has 4 heterocycles. The molecule has 0 radical (unpaired) electrons. The van der Waals surface area contributed by atoms with Gasteiger partial charge in [-0.25, -0.2) is 5.10 Å². The summed E-state index contributed by atoms with van der Waals surface area (Å²) in [5, 5.41) is 13.4. The van der Waals surface area contributed by atoms with Crippen LogP contribution in [0.1, 0.15) is 44.7 Å². The number of benzene rings is 2. The number of alkyl halides is 3. The molecule has 0 aliphatic carbocycles. The van der Waals surface area contributed by atoms with E-state index in [4.69, 9.17) is 4.74 Å². The maximum atomic E-state index is 13.2. The number of fused-ring (bicyclic) bond motifs is 2. The lowest BCUT2D eigenvalue weighted by molar-refractivity contribution is -0.147. The number of H-pyrrole nitrogens is 1. The second-order valence-corrected chi connectivity index (χ2v) is 9.71. The standard InChI is InChI=1S/C27H24F3N7O3/c1-16-21(12-31-33-24(16)38)37-13-18-5-2-3-8-20(18)22(37)15-40-19-7-4-6-17(11-19)25(39)35-9-10-36-23(14-35)32-34-26(36)27(28,29)30/h2-8,11-12,22H,9-10,13-15H2,1H3,(H,33,38). The molecule has 2 aromatic heterocycles. The van der Waals surface area contributed by atoms with Gasteiger partial charge in [0.05, 0.1) is 24.5 Å². The second-order valence-electron chi connectivity index (χ2n) is 9.71. The van der Waals surface area contributed by atoms with E-state index in [1.54, 1.807) is 37.4 Å². The van der Waals surface area contributed by atoms with Crippen LogP contribution in [0.15, 0.2) is 59.5 Å². The zero-order valence-corrected chi connectivity index (χ0v) is 21.4. The SMILES string of the molecule is Cc1c(N2Cc3ccccc3C2COc2cccc(C(=O)N3CCn4c(nnc4C(F)(F)F)C3)c2)cn[nH]c1=O. The van der Waals surface area contributed by atoms with E-state index >= 15 is 0 Å². The van der Waals surface area contributed by atoms with Gasteiger partial charge >= 0.3 is 6.18 Å². The average Bonchev–Trinajstić information content (AvgIpc) is 3.54. The Labute approximate surface area is 226 Å². The van der Waals surface area contributed by atoms with Gasteiger partial charge in [0.2, 0.25) is 5.82 Å². The summed E-state index contributed by atoms with van der Waals surface area (Å²) in [6, 6.07) is 14.5. The van der Waals surface area contributed by atoms with Crippen LogP contribution in [-0.4, -0.2) is 48.9 Å². The molecule has 40 heavy (non-hydrogen) atoms. The zero-order chi connectivity index (χ0) is 28.0. The topological polar surface area (TPSA) is 109 Å². The molecule has 0 fully saturated rings. The Kier molecular flexibility index (Phi) is 6.28. The first-order valence-corrected chi connectivity index (χ1v) is 12.6. The van der Waals surface area contributed by atoms with Gasteiger partial charge in [0.25, 0.3) is 11.5 Å². The number of carbonyl (C=O) groups is 1. The van der Waals surface area contributed by atoms with Crippen LogP contribution in [0, 0.1) is 6.92 Å². The summed E-state index contributed by atoms with van der Waals surface area (Å²) in [6.07, 6.45) is -2.98. The summed E-state index contributed by atoms with van der Waals surface area (Å²) in [7, 11) is 0. The maximum absolute atomic E-state index is 13.2. The van der Waals surface area contributed by atoms with Crippen molar-refractivity contribution < 1.29 is 22.7 Å². The average molecular weight is 552 g/mol. The predicted molar refractivity (Wildman–Crippen MR) is 137 cm³/mol. The summed E-state index contributed by atoms with van der Waals surface area (Å²) in [5.74, 6) is -0.843. The normalized spacial score (nSPS) is 16.6. The molecule has 1 amide bonds. The number of hydrogen-bond donors (Lipinski definition) is 1. The number of nitrogens with one attached hydrogen (secondary N) is 1. The molecule has 6 rings (SSSR count). The van der Waals surface area contributed by atoms with Crippen molar-refractivity contribution in [2.45, 2.75) is 38.8 Å². The zero-order valence-electron chi connectivity index (χ0n) is 21.4. The minimum absolute atomic E-state index is 0.0490. The Balaban J connectivity index is 1.19. The third kappa shape index (κ3) is 4.56. The van der Waals surface area contributed by atoms with E-state index < -0.39 is 12.0 Å². The van der Waals surface area contributed by atoms with Crippen LogP contribution in [0.5, 0.6) is 5.75 Å². The van der Waals surface area contributed by atoms with Crippen LogP contribution < -0.4 is 15.2 Å². The van der Waals surface area contributed by atoms with Gasteiger partial charge in [-0.05, 0) is 36.2 Å². The molecule has 2 aliphatic heterocycles. The predicted octanol–water partition coefficient (Wildman–Crippen LogP) is 3.48. The molecule has 1 N–H and O–H groups in total. The van der Waals surface area contributed by atoms with Gasteiger partial charge in [-0.15, -0.1) is 10.2 Å². The lowest BCUT2D eigenvalue weighted by Crippen LogP contribution is -2.39. The Morgan fingerprint density at radius 3 is 2.75 bits per heavy atom. The van der Waals surface area contributed by atoms with Crippen LogP contribution in [0.4, 0.5) is 18.9 Å². The van der Waals surface area contributed by atoms with E-state index in [9.17, 15) is 22.8 Å². The number of amides is 1. The highest BCUT2D eigenvalue weighted by Gasteiger charge is 2.40. The molecule has 0 saturated heterocycles. The number of hydrogen-bond acceptors (Lipinski definition) is 7. The number of ether oxygens (including phenoxy) is 1. The molecule has 10 nitrogen and oxygen atoms in total. The number of nitrogens with zero attached hydrogens (tertiary/aromatic N) is 6. The Bertz CT molecular complexity index is 1650. The van der Waals surface area contributed by atoms with Crippen molar-refractivity contribution >= 4 is 11.6 Å². The van der Waals surface area contributed by atoms with E-state index in [-0.39, 0.29) is 49.6 Å². The fourth-order valence-electron chi connectivity index (χ4n) is 5.25. The van der Waals surface area contributed by atoms with E-state index in [1.165, 1.54) is 4.90 Å². The van der Waals surface area contributed by atoms with E-state index in [0.717, 1.165) is 15.7 Å². The van der Waals surface area contributed by atoms with Gasteiger partial charge in [-0.1, -0.05) is 30.3 Å². The monoisotopic (exact) mass is 551 g/mol. The van der Waals surface area contributed by atoms with E-state index in [2.05, 4.69) is 25.3 Å². The first-order chi connectivity index (χ1) is 19.2. The molecule has 206 valence electrons. The van der Waals surface area contributed by atoms with E-state index in [0.29, 0.717) is 29.1 Å². The minimum atomic E-state index is -4.61. The summed E-state index contributed by atoms with van der Waals surface area (Å²) < 4.78 is 46.7. The fourth-order valence-corrected chi connectivity index (χ4v) is 5.25. The van der Waals surface area contributed by atoms with E-state index in [1.807, 2.05) is 24.3 Å². The van der Waals surface area contributed by atoms with Crippen molar-refractivity contribution in [3.05, 3.63) is 99.0 Å². The summed E-state index contributed by atoms with van der Waals surface area (Å²) in [4.78, 5) is 29.0. The molecule has 4 aromatic rings. The number of halogens is 3. The molecular weight excluding hydrogens is 527 g/mol. The van der Waals surface area contributed by atoms with Gasteiger partial charge in [0, 0.05) is 30.8 Å². The maximum Gasteiger partial charge on any atom is 0.451 e. The van der Waals surface area contributed by atoms with Gasteiger partial charge < -0.3 is 19.1 Å². The molecule has 13 heteroatoms. The molecular formula is C27H24F3N7O3. The molecule has 2 aromatic carbocycles. The van der Waals surface area contributed by atoms with Crippen molar-refractivity contribution in [1.82, 2.24) is 29.9 Å². The summed E-state index contributed by atoms with van der Waals surface area (Å²) in [5.41, 5.74) is 3.55. The van der Waals surface area contributed by atoms with Crippen molar-refractivity contribution in [2.75, 3.05) is 18.1 Å². The van der Waals surface area contributed by atoms with Gasteiger partial charge in [-0.3, -0.25) is 9.59 Å². The molecule has 2 aliphatic rings. The molecule has 1 unspecified atom stereocenters. The Morgan fingerprint density at radius 1 is 1.10 bits per heavy atom. The van der Waals surface area contributed by atoms with Gasteiger partial charge in [-0.2, -0.15) is 18.3 Å². The second kappa shape index (κ2) is 9.81. The number of rotatable bonds is 5. The third-order valence-corrected chi connectivity index (χ3v) is 7.30. The van der Waals surface area contributed by atoms with Crippen molar-refractivity contribution in [3.63, 3.8) is 0 Å². The van der Waals surface area contributed by atoms with Crippen molar-refractivity contribution in [3.8, 4) is 5.75 Å². The smallest absolute Gasteiger partial charge is 0.451 e. The van der Waals surface area contributed by atoms with Crippen LogP contribution in [0.2, 0.25) is 0 Å². The van der Waals surface area contributed by atoms with Crippen LogP contribution in [0.3, 0.4) is 0 Å². The number of anilines is 1. The Hall–Kier alpha value is -4.68. The van der Waals surface area contributed by atoms with Crippen molar-refractivity contribution in [1.29, 1.82) is 0 Å². The first kappa shape index (κ1) is 25.6. The Morgan fingerprint density at radius 2 is 1.93 bits per heavy atom. The highest BCUT2D eigenvalue weighted by atomic mass is 19.4. The number of carbonyl (C=O) groups excluding carboxylic acids is 1. The summed E-state index contributed by atoms with van der Waals surface area (Å²) >= 11 is 0. The lowest BCUT2D eigenvalue weighted by Gasteiger charge is -2.29. The van der Waals surface area contributed by atoms with Crippen LogP contribution >= 0.6 is 0 Å². The third-order valence-electron chi connectivity index (χ3n) is 7.30. The molecule has 1 atom stereocenters. The highest BCUT2D eigenvalue weighted by Crippen LogP contribution is 2.38. The summed E-state index contributed by atoms with van der Waals surface area (Å²) in [6.45, 7) is 2.55. The van der Waals surface area contributed by atoms with Gasteiger partial charge in [0.15, 0.2) is 5.82 Å². The lowest BCUT2D eigenvalue weighted by atomic mass is 10.1. The minimum Gasteiger partial charge on any atom is -0.491 e. The number of aromatic amines is 1. The molecule has 0 saturated carbocycles. The van der Waals surface area contributed by atoms with Crippen LogP contribution in [0.25, 0.3) is 0 Å². The molecule has 0 bridgehead atoms. The first-order valence-electron chi connectivity index (χ1n) is 12.6. The van der Waals surface area contributed by atoms with Crippen LogP contribution in [-0.2, 0) is 25.8 Å².